The molecule has 0 fully saturated rings. The van der Waals surface area contributed by atoms with E-state index < -0.39 is 21.8 Å². The highest BCUT2D eigenvalue weighted by Crippen LogP contribution is 2.38. The van der Waals surface area contributed by atoms with Crippen molar-refractivity contribution in [3.63, 3.8) is 0 Å². The van der Waals surface area contributed by atoms with Gasteiger partial charge in [-0.3, -0.25) is 4.72 Å². The van der Waals surface area contributed by atoms with E-state index >= 15 is 0 Å². The number of halogens is 3. The van der Waals surface area contributed by atoms with Crippen LogP contribution in [0, 0.1) is 0 Å². The highest BCUT2D eigenvalue weighted by Gasteiger charge is 2.51. The molecule has 2 aromatic carbocycles. The van der Waals surface area contributed by atoms with Gasteiger partial charge in [-0.2, -0.15) is 13.2 Å². The lowest BCUT2D eigenvalue weighted by Crippen LogP contribution is -2.39. The van der Waals surface area contributed by atoms with Gasteiger partial charge in [0.1, 0.15) is 0 Å². The summed E-state index contributed by atoms with van der Waals surface area (Å²) in [5, 5.41) is 9.66. The summed E-state index contributed by atoms with van der Waals surface area (Å²) >= 11 is 0. The predicted molar refractivity (Wildman–Crippen MR) is 93.4 cm³/mol. The van der Waals surface area contributed by atoms with Crippen LogP contribution in [0.1, 0.15) is 37.8 Å². The largest absolute Gasteiger partial charge is 0.421 e. The number of hydrogen-bond donors (Lipinski definition) is 2. The third-order valence-corrected chi connectivity index (χ3v) is 5.54. The average molecular weight is 387 g/mol. The van der Waals surface area contributed by atoms with Gasteiger partial charge in [-0.05, 0) is 42.2 Å². The van der Waals surface area contributed by atoms with Gasteiger partial charge in [0.25, 0.3) is 10.0 Å². The number of anilines is 1. The molecule has 1 atom stereocenters. The lowest BCUT2D eigenvalue weighted by Gasteiger charge is -2.26. The molecule has 0 bridgehead atoms. The third-order valence-electron chi connectivity index (χ3n) is 4.08. The van der Waals surface area contributed by atoms with Crippen LogP contribution in [0.5, 0.6) is 0 Å². The lowest BCUT2D eigenvalue weighted by molar-refractivity contribution is -0.258. The first-order chi connectivity index (χ1) is 11.9. The van der Waals surface area contributed by atoms with Crippen molar-refractivity contribution in [2.45, 2.75) is 43.4 Å². The van der Waals surface area contributed by atoms with Crippen molar-refractivity contribution in [1.29, 1.82) is 0 Å². The molecule has 0 radical (unpaired) electrons. The van der Waals surface area contributed by atoms with E-state index in [4.69, 9.17) is 0 Å². The fraction of sp³-hybridized carbons (Fsp3) is 0.333. The van der Waals surface area contributed by atoms with E-state index in [0.29, 0.717) is 12.5 Å². The molecule has 142 valence electrons. The van der Waals surface area contributed by atoms with Crippen molar-refractivity contribution in [3.8, 4) is 0 Å². The van der Waals surface area contributed by atoms with E-state index in [0.717, 1.165) is 12.1 Å². The Morgan fingerprint density at radius 3 is 2.04 bits per heavy atom. The molecule has 0 heterocycles. The Bertz CT molecular complexity index is 873. The molecule has 0 aliphatic carbocycles. The minimum absolute atomic E-state index is 0.0213. The van der Waals surface area contributed by atoms with Gasteiger partial charge in [0.2, 0.25) is 0 Å². The summed E-state index contributed by atoms with van der Waals surface area (Å²) in [5.41, 5.74) is -2.66. The maximum atomic E-state index is 12.9. The Morgan fingerprint density at radius 2 is 1.54 bits per heavy atom. The van der Waals surface area contributed by atoms with E-state index in [9.17, 15) is 26.7 Å². The van der Waals surface area contributed by atoms with Gasteiger partial charge in [0.15, 0.2) is 5.60 Å². The van der Waals surface area contributed by atoms with Crippen molar-refractivity contribution < 1.29 is 26.7 Å². The van der Waals surface area contributed by atoms with Gasteiger partial charge in [-0.15, -0.1) is 0 Å². The number of rotatable bonds is 5. The van der Waals surface area contributed by atoms with Gasteiger partial charge < -0.3 is 5.11 Å². The third kappa shape index (κ3) is 4.02. The summed E-state index contributed by atoms with van der Waals surface area (Å²) in [6, 6.07) is 11.0. The molecule has 0 saturated carbocycles. The minimum atomic E-state index is -4.84. The molecule has 0 spiro atoms. The zero-order chi connectivity index (χ0) is 19.8. The van der Waals surface area contributed by atoms with Crippen molar-refractivity contribution in [2.75, 3.05) is 4.72 Å². The topological polar surface area (TPSA) is 66.4 Å². The Balaban J connectivity index is 2.32. The second kappa shape index (κ2) is 6.92. The first-order valence-corrected chi connectivity index (χ1v) is 9.36. The fourth-order valence-corrected chi connectivity index (χ4v) is 3.87. The first kappa shape index (κ1) is 20.3. The van der Waals surface area contributed by atoms with Crippen LogP contribution in [-0.4, -0.2) is 19.7 Å². The van der Waals surface area contributed by atoms with Gasteiger partial charge in [-0.25, -0.2) is 8.42 Å². The molecule has 26 heavy (non-hydrogen) atoms. The molecule has 1 unspecified atom stereocenters. The number of sulfonamides is 1. The minimum Gasteiger partial charge on any atom is -0.376 e. The van der Waals surface area contributed by atoms with Crippen LogP contribution < -0.4 is 4.72 Å². The summed E-state index contributed by atoms with van der Waals surface area (Å²) in [4.78, 5) is 0.112. The van der Waals surface area contributed by atoms with Crippen LogP contribution in [0.3, 0.4) is 0 Å². The van der Waals surface area contributed by atoms with Crippen LogP contribution in [-0.2, 0) is 15.6 Å². The average Bonchev–Trinajstić information content (AvgIpc) is 2.54. The molecule has 0 aromatic heterocycles. The van der Waals surface area contributed by atoms with Crippen LogP contribution in [0.4, 0.5) is 18.9 Å². The highest BCUT2D eigenvalue weighted by atomic mass is 32.2. The second-order valence-corrected chi connectivity index (χ2v) is 8.10. The lowest BCUT2D eigenvalue weighted by atomic mass is 9.95. The summed E-state index contributed by atoms with van der Waals surface area (Å²) in [5.74, 6) is -0.0213. The van der Waals surface area contributed by atoms with E-state index in [1.54, 1.807) is 18.2 Å². The highest BCUT2D eigenvalue weighted by molar-refractivity contribution is 7.92. The number of nitrogens with one attached hydrogen (secondary N) is 1. The summed E-state index contributed by atoms with van der Waals surface area (Å²) in [6.07, 6.45) is -4.84. The van der Waals surface area contributed by atoms with Gasteiger partial charge in [0.05, 0.1) is 4.90 Å². The van der Waals surface area contributed by atoms with Gasteiger partial charge >= 0.3 is 6.18 Å². The molecular weight excluding hydrogens is 367 g/mol. The zero-order valence-electron chi connectivity index (χ0n) is 14.5. The Labute approximate surface area is 150 Å². The molecule has 0 saturated heterocycles. The maximum Gasteiger partial charge on any atom is 0.421 e. The Kier molecular flexibility index (Phi) is 5.39. The van der Waals surface area contributed by atoms with Crippen molar-refractivity contribution in [2.24, 2.45) is 0 Å². The fourth-order valence-electron chi connectivity index (χ4n) is 2.44. The monoisotopic (exact) mass is 387 g/mol. The zero-order valence-corrected chi connectivity index (χ0v) is 15.3. The molecular formula is C18H20F3NO3S. The Morgan fingerprint density at radius 1 is 1.00 bits per heavy atom. The van der Waals surface area contributed by atoms with Gasteiger partial charge in [-0.1, -0.05) is 44.2 Å². The van der Waals surface area contributed by atoms with Crippen LogP contribution >= 0.6 is 0 Å². The Hall–Kier alpha value is -2.06. The molecule has 2 N–H and O–H groups in total. The second-order valence-electron chi connectivity index (χ2n) is 6.45. The molecule has 4 nitrogen and oxygen atoms in total. The first-order valence-electron chi connectivity index (χ1n) is 7.87. The van der Waals surface area contributed by atoms with E-state index in [1.807, 2.05) is 13.8 Å². The van der Waals surface area contributed by atoms with Crippen molar-refractivity contribution >= 4 is 15.7 Å². The van der Waals surface area contributed by atoms with E-state index in [2.05, 4.69) is 4.72 Å². The predicted octanol–water partition coefficient (Wildman–Crippen LogP) is 4.38. The summed E-state index contributed by atoms with van der Waals surface area (Å²) in [6.45, 7) is 4.37. The quantitative estimate of drug-likeness (QED) is 0.800. The van der Waals surface area contributed by atoms with E-state index in [-0.39, 0.29) is 22.1 Å². The smallest absolute Gasteiger partial charge is 0.376 e. The van der Waals surface area contributed by atoms with E-state index in [1.165, 1.54) is 18.2 Å². The summed E-state index contributed by atoms with van der Waals surface area (Å²) in [7, 11) is -3.90. The molecule has 0 aliphatic rings. The number of alkyl halides is 3. The summed E-state index contributed by atoms with van der Waals surface area (Å²) < 4.78 is 66.2. The molecule has 8 heteroatoms. The maximum absolute atomic E-state index is 12.9. The van der Waals surface area contributed by atoms with Crippen molar-refractivity contribution in [1.82, 2.24) is 0 Å². The number of aliphatic hydroxyl groups is 1. The normalized spacial score (nSPS) is 14.9. The standard InChI is InChI=1S/C18H20F3NO3S/c1-12(2)15-6-4-5-7-16(15)26(24,25)22-14-10-8-13(9-11-14)17(3,23)18(19,20)21/h4-12,22-23H,1-3H3. The van der Waals surface area contributed by atoms with Gasteiger partial charge in [0, 0.05) is 5.69 Å². The number of hydrogen-bond acceptors (Lipinski definition) is 3. The molecule has 0 amide bonds. The SMILES string of the molecule is CC(C)c1ccccc1S(=O)(=O)Nc1ccc(C(C)(O)C(F)(F)F)cc1. The molecule has 2 rings (SSSR count). The molecule has 0 aliphatic heterocycles. The molecule has 2 aromatic rings. The van der Waals surface area contributed by atoms with Crippen LogP contribution in [0.15, 0.2) is 53.4 Å². The van der Waals surface area contributed by atoms with Crippen LogP contribution in [0.25, 0.3) is 0 Å². The van der Waals surface area contributed by atoms with Crippen molar-refractivity contribution in [3.05, 3.63) is 59.7 Å². The number of benzene rings is 2. The van der Waals surface area contributed by atoms with Crippen LogP contribution in [0.2, 0.25) is 0 Å².